The average Bonchev–Trinajstić information content (AvgIpc) is 2.77. The van der Waals surface area contributed by atoms with E-state index in [9.17, 15) is 4.79 Å². The molecule has 1 saturated carbocycles. The second-order valence-electron chi connectivity index (χ2n) is 5.98. The molecule has 0 aliphatic heterocycles. The molecule has 1 amide bonds. The number of amides is 1. The van der Waals surface area contributed by atoms with E-state index in [1.165, 1.54) is 43.4 Å². The molecule has 4 nitrogen and oxygen atoms in total. The average molecular weight is 267 g/mol. The molecule has 0 aromatic carbocycles. The summed E-state index contributed by atoms with van der Waals surface area (Å²) in [5, 5.41) is 12.9. The summed E-state index contributed by atoms with van der Waals surface area (Å²) in [5.41, 5.74) is -0.392. The summed E-state index contributed by atoms with van der Waals surface area (Å²) in [4.78, 5) is 11.8. The van der Waals surface area contributed by atoms with Crippen molar-refractivity contribution in [1.29, 1.82) is 0 Å². The van der Waals surface area contributed by atoms with Crippen LogP contribution in [-0.2, 0) is 4.79 Å². The number of rotatable bonds is 2. The van der Waals surface area contributed by atoms with Gasteiger partial charge in [-0.15, -0.1) is 10.2 Å². The minimum atomic E-state index is -0.392. The van der Waals surface area contributed by atoms with Gasteiger partial charge < -0.3 is 5.32 Å². The van der Waals surface area contributed by atoms with Crippen molar-refractivity contribution in [2.24, 2.45) is 5.41 Å². The number of hydrogen-bond donors (Lipinski definition) is 1. The zero-order valence-electron chi connectivity index (χ0n) is 11.3. The van der Waals surface area contributed by atoms with Crippen LogP contribution in [0.15, 0.2) is 0 Å². The van der Waals surface area contributed by atoms with Crippen molar-refractivity contribution in [2.75, 3.05) is 5.32 Å². The van der Waals surface area contributed by atoms with Gasteiger partial charge in [0.1, 0.15) is 5.01 Å². The third-order valence-electron chi connectivity index (χ3n) is 3.30. The van der Waals surface area contributed by atoms with E-state index in [-0.39, 0.29) is 5.91 Å². The number of anilines is 1. The van der Waals surface area contributed by atoms with E-state index in [2.05, 4.69) is 15.5 Å². The minimum Gasteiger partial charge on any atom is -0.300 e. The molecule has 0 unspecified atom stereocenters. The van der Waals surface area contributed by atoms with E-state index >= 15 is 0 Å². The predicted molar refractivity (Wildman–Crippen MR) is 73.8 cm³/mol. The Morgan fingerprint density at radius 2 is 1.89 bits per heavy atom. The first-order chi connectivity index (χ1) is 8.47. The van der Waals surface area contributed by atoms with Crippen molar-refractivity contribution >= 4 is 22.4 Å². The molecule has 0 radical (unpaired) electrons. The number of nitrogens with one attached hydrogen (secondary N) is 1. The molecule has 0 bridgehead atoms. The number of hydrogen-bond acceptors (Lipinski definition) is 4. The number of aromatic nitrogens is 2. The second kappa shape index (κ2) is 5.34. The van der Waals surface area contributed by atoms with Crippen LogP contribution in [0, 0.1) is 5.41 Å². The first kappa shape index (κ1) is 13.5. The smallest absolute Gasteiger partial charge is 0.231 e. The standard InChI is InChI=1S/C13H21N3OS/c1-13(2,3)11(17)14-12-16-15-10(18-12)9-7-5-4-6-8-9/h9H,4-8H2,1-3H3,(H,14,16,17). The van der Waals surface area contributed by atoms with Crippen LogP contribution in [0.25, 0.3) is 0 Å². The molecule has 1 aromatic heterocycles. The summed E-state index contributed by atoms with van der Waals surface area (Å²) in [6, 6.07) is 0. The maximum absolute atomic E-state index is 11.8. The van der Waals surface area contributed by atoms with E-state index in [0.29, 0.717) is 11.0 Å². The fourth-order valence-corrected chi connectivity index (χ4v) is 2.99. The Bertz CT molecular complexity index is 416. The van der Waals surface area contributed by atoms with Gasteiger partial charge in [-0.1, -0.05) is 51.4 Å². The highest BCUT2D eigenvalue weighted by molar-refractivity contribution is 7.15. The van der Waals surface area contributed by atoms with Crippen molar-refractivity contribution in [1.82, 2.24) is 10.2 Å². The predicted octanol–water partition coefficient (Wildman–Crippen LogP) is 3.57. The van der Waals surface area contributed by atoms with Gasteiger partial charge in [-0.3, -0.25) is 4.79 Å². The van der Waals surface area contributed by atoms with Gasteiger partial charge in [-0.25, -0.2) is 0 Å². The molecule has 100 valence electrons. The second-order valence-corrected chi connectivity index (χ2v) is 6.99. The third-order valence-corrected chi connectivity index (χ3v) is 4.30. The Labute approximate surface area is 112 Å². The van der Waals surface area contributed by atoms with Gasteiger partial charge in [0.2, 0.25) is 11.0 Å². The van der Waals surface area contributed by atoms with Crippen molar-refractivity contribution < 1.29 is 4.79 Å². The molecule has 0 saturated heterocycles. The first-order valence-electron chi connectivity index (χ1n) is 6.61. The molecule has 2 rings (SSSR count). The zero-order valence-corrected chi connectivity index (χ0v) is 12.1. The van der Waals surface area contributed by atoms with Gasteiger partial charge in [0.05, 0.1) is 0 Å². The molecule has 0 atom stereocenters. The van der Waals surface area contributed by atoms with E-state index < -0.39 is 5.41 Å². The van der Waals surface area contributed by atoms with Crippen LogP contribution in [0.5, 0.6) is 0 Å². The van der Waals surface area contributed by atoms with Gasteiger partial charge >= 0.3 is 0 Å². The lowest BCUT2D eigenvalue weighted by Gasteiger charge is -2.18. The highest BCUT2D eigenvalue weighted by Gasteiger charge is 2.24. The quantitative estimate of drug-likeness (QED) is 0.891. The molecular formula is C13H21N3OS. The molecule has 0 spiro atoms. The van der Waals surface area contributed by atoms with Crippen LogP contribution in [0.3, 0.4) is 0 Å². The van der Waals surface area contributed by atoms with Crippen molar-refractivity contribution in [3.63, 3.8) is 0 Å². The Morgan fingerprint density at radius 3 is 2.50 bits per heavy atom. The van der Waals surface area contributed by atoms with Crippen molar-refractivity contribution in [3.8, 4) is 0 Å². The lowest BCUT2D eigenvalue weighted by molar-refractivity contribution is -0.123. The fourth-order valence-electron chi connectivity index (χ4n) is 2.08. The highest BCUT2D eigenvalue weighted by Crippen LogP contribution is 2.35. The minimum absolute atomic E-state index is 0.00570. The summed E-state index contributed by atoms with van der Waals surface area (Å²) in [6.07, 6.45) is 6.33. The zero-order chi connectivity index (χ0) is 13.2. The molecule has 1 heterocycles. The molecule has 18 heavy (non-hydrogen) atoms. The van der Waals surface area contributed by atoms with Crippen molar-refractivity contribution in [3.05, 3.63) is 5.01 Å². The topological polar surface area (TPSA) is 54.9 Å². The summed E-state index contributed by atoms with van der Waals surface area (Å²) in [7, 11) is 0. The Balaban J connectivity index is 1.99. The molecule has 1 aliphatic carbocycles. The summed E-state index contributed by atoms with van der Waals surface area (Å²) in [5.74, 6) is 0.547. The normalized spacial score (nSPS) is 17.7. The van der Waals surface area contributed by atoms with E-state index in [1.54, 1.807) is 0 Å². The Morgan fingerprint density at radius 1 is 1.22 bits per heavy atom. The molecule has 1 aliphatic rings. The van der Waals surface area contributed by atoms with Crippen LogP contribution in [0.4, 0.5) is 5.13 Å². The van der Waals surface area contributed by atoms with Gasteiger partial charge in [-0.2, -0.15) is 0 Å². The van der Waals surface area contributed by atoms with Crippen LogP contribution in [0.1, 0.15) is 63.8 Å². The lowest BCUT2D eigenvalue weighted by Crippen LogP contribution is -2.27. The summed E-state index contributed by atoms with van der Waals surface area (Å²) < 4.78 is 0. The Kier molecular flexibility index (Phi) is 4.00. The van der Waals surface area contributed by atoms with E-state index in [4.69, 9.17) is 0 Å². The van der Waals surface area contributed by atoms with Crippen LogP contribution >= 0.6 is 11.3 Å². The molecule has 1 aromatic rings. The van der Waals surface area contributed by atoms with E-state index in [0.717, 1.165) is 5.01 Å². The molecular weight excluding hydrogens is 246 g/mol. The summed E-state index contributed by atoms with van der Waals surface area (Å²) in [6.45, 7) is 5.68. The SMILES string of the molecule is CC(C)(C)C(=O)Nc1nnc(C2CCCCC2)s1. The molecule has 1 N–H and O–H groups in total. The van der Waals surface area contributed by atoms with Crippen LogP contribution in [0.2, 0.25) is 0 Å². The largest absolute Gasteiger partial charge is 0.300 e. The number of nitrogens with zero attached hydrogens (tertiary/aromatic N) is 2. The highest BCUT2D eigenvalue weighted by atomic mass is 32.1. The number of carbonyl (C=O) groups is 1. The third kappa shape index (κ3) is 3.28. The van der Waals surface area contributed by atoms with Crippen LogP contribution < -0.4 is 5.32 Å². The Hall–Kier alpha value is -0.970. The summed E-state index contributed by atoms with van der Waals surface area (Å²) >= 11 is 1.53. The lowest BCUT2D eigenvalue weighted by atomic mass is 9.90. The monoisotopic (exact) mass is 267 g/mol. The van der Waals surface area contributed by atoms with Gasteiger partial charge in [-0.05, 0) is 12.8 Å². The van der Waals surface area contributed by atoms with Crippen molar-refractivity contribution in [2.45, 2.75) is 58.8 Å². The van der Waals surface area contributed by atoms with Crippen LogP contribution in [-0.4, -0.2) is 16.1 Å². The molecule has 5 heteroatoms. The van der Waals surface area contributed by atoms with Gasteiger partial charge in [0.25, 0.3) is 0 Å². The van der Waals surface area contributed by atoms with Gasteiger partial charge in [0, 0.05) is 11.3 Å². The maximum atomic E-state index is 11.8. The fraction of sp³-hybridized carbons (Fsp3) is 0.769. The van der Waals surface area contributed by atoms with E-state index in [1.807, 2.05) is 20.8 Å². The molecule has 1 fully saturated rings. The number of carbonyl (C=O) groups excluding carboxylic acids is 1. The first-order valence-corrected chi connectivity index (χ1v) is 7.43. The maximum Gasteiger partial charge on any atom is 0.231 e. The van der Waals surface area contributed by atoms with Gasteiger partial charge in [0.15, 0.2) is 0 Å².